The van der Waals surface area contributed by atoms with Crippen molar-refractivity contribution < 1.29 is 28.1 Å². The molecule has 10 heteroatoms. The molecule has 0 aliphatic carbocycles. The van der Waals surface area contributed by atoms with Crippen molar-refractivity contribution in [2.75, 3.05) is 7.11 Å². The van der Waals surface area contributed by atoms with Crippen LogP contribution in [-0.2, 0) is 9.31 Å². The lowest BCUT2D eigenvalue weighted by molar-refractivity contribution is 0.00578. The lowest BCUT2D eigenvalue weighted by Gasteiger charge is -2.32. The first-order valence-electron chi connectivity index (χ1n) is 8.50. The van der Waals surface area contributed by atoms with E-state index in [1.165, 1.54) is 19.4 Å². The van der Waals surface area contributed by atoms with Crippen molar-refractivity contribution in [1.29, 1.82) is 0 Å². The number of hydrogen-bond acceptors (Lipinski definition) is 7. The van der Waals surface area contributed by atoms with Crippen LogP contribution >= 0.6 is 0 Å². The van der Waals surface area contributed by atoms with Crippen molar-refractivity contribution in [2.24, 2.45) is 0 Å². The first-order chi connectivity index (χ1) is 12.6. The number of aromatic nitrogens is 2. The minimum Gasteiger partial charge on any atom is -0.518 e. The van der Waals surface area contributed by atoms with Gasteiger partial charge < -0.3 is 23.7 Å². The van der Waals surface area contributed by atoms with Gasteiger partial charge in [0.2, 0.25) is 17.7 Å². The van der Waals surface area contributed by atoms with Gasteiger partial charge in [-0.05, 0) is 45.9 Å². The van der Waals surface area contributed by atoms with E-state index in [1.54, 1.807) is 12.1 Å². The zero-order valence-electron chi connectivity index (χ0n) is 15.9. The molecular weight excluding hydrogens is 353 g/mol. The summed E-state index contributed by atoms with van der Waals surface area (Å²) >= 11 is 0. The van der Waals surface area contributed by atoms with Crippen LogP contribution in [0.3, 0.4) is 0 Å². The summed E-state index contributed by atoms with van der Waals surface area (Å²) in [6, 6.07) is 5.79. The summed E-state index contributed by atoms with van der Waals surface area (Å²) in [7, 11) is -0.580. The molecule has 2 aromatic heterocycles. The predicted molar refractivity (Wildman–Crippen MR) is 98.9 cm³/mol. The monoisotopic (exact) mass is 374 g/mol. The smallest absolute Gasteiger partial charge is 0.518 e. The van der Waals surface area contributed by atoms with Crippen molar-refractivity contribution in [2.45, 2.75) is 38.9 Å². The summed E-state index contributed by atoms with van der Waals surface area (Å²) < 4.78 is 35.9. The second-order valence-corrected chi connectivity index (χ2v) is 7.22. The van der Waals surface area contributed by atoms with Crippen LogP contribution in [0.4, 0.5) is 4.39 Å². The highest BCUT2D eigenvalue weighted by Crippen LogP contribution is 2.37. The van der Waals surface area contributed by atoms with Crippen LogP contribution in [0.15, 0.2) is 30.5 Å². The van der Waals surface area contributed by atoms with Crippen LogP contribution in [0.25, 0.3) is 0 Å². The quantitative estimate of drug-likeness (QED) is 0.609. The van der Waals surface area contributed by atoms with Gasteiger partial charge in [-0.3, -0.25) is 0 Å². The van der Waals surface area contributed by atoms with E-state index in [0.29, 0.717) is 5.46 Å². The van der Waals surface area contributed by atoms with Gasteiger partial charge >= 0.3 is 14.2 Å². The maximum absolute atomic E-state index is 13.2. The number of rotatable bonds is 5. The molecule has 2 aromatic rings. The Morgan fingerprint density at radius 1 is 1.15 bits per heavy atom. The third-order valence-electron chi connectivity index (χ3n) is 4.83. The maximum Gasteiger partial charge on any atom is 0.561 e. The fourth-order valence-corrected chi connectivity index (χ4v) is 2.57. The Balaban J connectivity index is 1.81. The van der Waals surface area contributed by atoms with E-state index in [2.05, 4.69) is 9.97 Å². The average molecular weight is 374 g/mol. The Labute approximate surface area is 158 Å². The minimum atomic E-state index is -1.40. The van der Waals surface area contributed by atoms with Crippen molar-refractivity contribution in [3.05, 3.63) is 36.4 Å². The highest BCUT2D eigenvalue weighted by Gasteiger charge is 2.52. The molecule has 0 atom stereocenters. The molecule has 1 aliphatic heterocycles. The molecule has 3 heterocycles. The third kappa shape index (κ3) is 3.92. The lowest BCUT2D eigenvalue weighted by atomic mass is 9.79. The van der Waals surface area contributed by atoms with Gasteiger partial charge in [-0.2, -0.15) is 9.37 Å². The molecule has 1 fully saturated rings. The van der Waals surface area contributed by atoms with E-state index < -0.39 is 31.4 Å². The molecule has 0 radical (unpaired) electrons. The molecule has 0 spiro atoms. The summed E-state index contributed by atoms with van der Waals surface area (Å²) in [5.41, 5.74) is -0.176. The van der Waals surface area contributed by atoms with Gasteiger partial charge in [0.25, 0.3) is 0 Å². The Hall–Kier alpha value is -2.16. The predicted octanol–water partition coefficient (Wildman–Crippen LogP) is 0.690. The maximum atomic E-state index is 13.2. The number of ether oxygens (including phenoxy) is 1. The van der Waals surface area contributed by atoms with Crippen molar-refractivity contribution in [3.8, 4) is 11.8 Å². The van der Waals surface area contributed by atoms with Crippen LogP contribution < -0.4 is 20.3 Å². The molecule has 27 heavy (non-hydrogen) atoms. The number of pyridine rings is 2. The van der Waals surface area contributed by atoms with Crippen LogP contribution in [0.1, 0.15) is 27.7 Å². The summed E-state index contributed by atoms with van der Waals surface area (Å²) in [4.78, 5) is 7.68. The molecule has 3 rings (SSSR count). The molecule has 0 bridgehead atoms. The number of halogens is 1. The summed E-state index contributed by atoms with van der Waals surface area (Å²) in [5.74, 6) is -0.354. The van der Waals surface area contributed by atoms with E-state index in [-0.39, 0.29) is 17.2 Å². The number of methoxy groups -OCH3 is 1. The molecule has 0 amide bonds. The molecule has 0 unspecified atom stereocenters. The SMILES string of the molecule is COc1nc(OB(O)c2ccnc(F)c2)ccc1B1OC(C)(C)C(C)(C)O1. The highest BCUT2D eigenvalue weighted by molar-refractivity contribution is 6.63. The first kappa shape index (κ1) is 19.6. The minimum absolute atomic E-state index is 0.108. The van der Waals surface area contributed by atoms with E-state index in [0.717, 1.165) is 6.07 Å². The topological polar surface area (TPSA) is 82.9 Å². The lowest BCUT2D eigenvalue weighted by Crippen LogP contribution is -2.41. The third-order valence-corrected chi connectivity index (χ3v) is 4.83. The van der Waals surface area contributed by atoms with Crippen LogP contribution in [0.2, 0.25) is 0 Å². The standard InChI is InChI=1S/C17H21B2FN2O5/c1-16(2)17(3,4)27-19(26-16)12-6-7-14(22-15(12)24-5)25-18(23)11-8-9-21-13(20)10-11/h6-10,23H,1-5H3. The zero-order valence-corrected chi connectivity index (χ0v) is 15.9. The number of nitrogens with zero attached hydrogens (tertiary/aromatic N) is 2. The second-order valence-electron chi connectivity index (χ2n) is 7.22. The van der Waals surface area contributed by atoms with Gasteiger partial charge in [-0.15, -0.1) is 0 Å². The van der Waals surface area contributed by atoms with E-state index in [9.17, 15) is 9.41 Å². The molecule has 1 N–H and O–H groups in total. The molecule has 142 valence electrons. The van der Waals surface area contributed by atoms with Crippen molar-refractivity contribution in [3.63, 3.8) is 0 Å². The van der Waals surface area contributed by atoms with E-state index >= 15 is 0 Å². The van der Waals surface area contributed by atoms with Crippen LogP contribution in [0.5, 0.6) is 11.8 Å². The van der Waals surface area contributed by atoms with Crippen LogP contribution in [-0.4, -0.2) is 47.5 Å². The fourth-order valence-electron chi connectivity index (χ4n) is 2.57. The molecule has 7 nitrogen and oxygen atoms in total. The van der Waals surface area contributed by atoms with Crippen molar-refractivity contribution in [1.82, 2.24) is 9.97 Å². The largest absolute Gasteiger partial charge is 0.561 e. The molecular formula is C17H21B2FN2O5. The van der Waals surface area contributed by atoms with Crippen molar-refractivity contribution >= 4 is 25.2 Å². The molecule has 0 aromatic carbocycles. The zero-order chi connectivity index (χ0) is 19.8. The molecule has 0 saturated carbocycles. The van der Waals surface area contributed by atoms with Gasteiger partial charge in [-0.1, -0.05) is 6.07 Å². The molecule has 1 aliphatic rings. The second kappa shape index (κ2) is 7.10. The number of hydrogen-bond donors (Lipinski definition) is 1. The van der Waals surface area contributed by atoms with E-state index in [4.69, 9.17) is 18.7 Å². The Kier molecular flexibility index (Phi) is 5.16. The summed E-state index contributed by atoms with van der Waals surface area (Å²) in [5, 5.41) is 10.1. The Bertz CT molecular complexity index is 821. The first-order valence-corrected chi connectivity index (χ1v) is 8.50. The Morgan fingerprint density at radius 2 is 1.81 bits per heavy atom. The molecule has 1 saturated heterocycles. The van der Waals surface area contributed by atoms with Gasteiger partial charge in [0.1, 0.15) is 0 Å². The Morgan fingerprint density at radius 3 is 2.41 bits per heavy atom. The highest BCUT2D eigenvalue weighted by atomic mass is 19.1. The average Bonchev–Trinajstić information content (AvgIpc) is 2.82. The van der Waals surface area contributed by atoms with Gasteiger partial charge in [0.05, 0.1) is 18.3 Å². The summed E-state index contributed by atoms with van der Waals surface area (Å²) in [6.07, 6.45) is 1.24. The van der Waals surface area contributed by atoms with E-state index in [1.807, 2.05) is 27.7 Å². The normalized spacial score (nSPS) is 17.7. The van der Waals surface area contributed by atoms with Gasteiger partial charge in [0, 0.05) is 17.1 Å². The van der Waals surface area contributed by atoms with Gasteiger partial charge in [-0.25, -0.2) is 4.98 Å². The van der Waals surface area contributed by atoms with Crippen LogP contribution in [0, 0.1) is 5.95 Å². The van der Waals surface area contributed by atoms with Gasteiger partial charge in [0.15, 0.2) is 0 Å². The fraction of sp³-hybridized carbons (Fsp3) is 0.412. The summed E-state index contributed by atoms with van der Waals surface area (Å²) in [6.45, 7) is 7.81.